The number of unbranched alkanes of at least 4 members (excludes halogenated alkanes) is 2. The van der Waals surface area contributed by atoms with Crippen molar-refractivity contribution < 1.29 is 10.3 Å². The van der Waals surface area contributed by atoms with Gasteiger partial charge in [-0.1, -0.05) is 43.2 Å². The summed E-state index contributed by atoms with van der Waals surface area (Å²) in [5.41, 5.74) is 0.943. The Balaban J connectivity index is 0.00000200. The number of aromatic nitrogens is 1. The van der Waals surface area contributed by atoms with Crippen LogP contribution in [0, 0.1) is 0 Å². The first kappa shape index (κ1) is 16.6. The highest BCUT2D eigenvalue weighted by Crippen LogP contribution is 2.16. The molecule has 0 aliphatic rings. The number of hydrogen-bond donors (Lipinski definition) is 0. The molecule has 4 nitrogen and oxygen atoms in total. The number of hydrogen-bond acceptors (Lipinski definition) is 3. The van der Waals surface area contributed by atoms with Crippen molar-refractivity contribution in [3.63, 3.8) is 0 Å². The average Bonchev–Trinajstić information content (AvgIpc) is 2.72. The predicted molar refractivity (Wildman–Crippen MR) is 83.5 cm³/mol. The molecule has 2 aromatic rings. The molecule has 2 N–H and O–H groups in total. The molecule has 0 unspecified atom stereocenters. The summed E-state index contributed by atoms with van der Waals surface area (Å²) in [5, 5.41) is 0. The number of para-hydroxylation sites is 1. The molecule has 0 aliphatic carbocycles. The minimum atomic E-state index is 0. The highest BCUT2D eigenvalue weighted by molar-refractivity contribution is 7.16. The molecule has 0 radical (unpaired) electrons. The number of Topliss-reactive ketones (excluding diaryl/α,β-unsaturated/α-hetero) is 1. The lowest BCUT2D eigenvalue weighted by atomic mass is 10.1. The minimum absolute atomic E-state index is 0. The minimum Gasteiger partial charge on any atom is -0.412 e. The molecule has 0 atom stereocenters. The van der Waals surface area contributed by atoms with E-state index in [1.54, 1.807) is 4.57 Å². The van der Waals surface area contributed by atoms with Crippen LogP contribution in [0.15, 0.2) is 29.1 Å². The molecule has 5 heteroatoms. The predicted octanol–water partition coefficient (Wildman–Crippen LogP) is 2.78. The lowest BCUT2D eigenvalue weighted by Crippen LogP contribution is -2.15. The number of ketones is 1. The van der Waals surface area contributed by atoms with Crippen molar-refractivity contribution in [3.8, 4) is 0 Å². The topological polar surface area (TPSA) is 70.6 Å². The summed E-state index contributed by atoms with van der Waals surface area (Å²) in [4.78, 5) is 23.7. The van der Waals surface area contributed by atoms with Gasteiger partial charge in [0.2, 0.25) is 0 Å². The lowest BCUT2D eigenvalue weighted by Gasteiger charge is -2.03. The Hall–Kier alpha value is -1.46. The SMILES string of the molecule is CCCCCC(=O)CCn1c(=O)sc2ccccc21.O. The van der Waals surface area contributed by atoms with E-state index in [4.69, 9.17) is 0 Å². The molecule has 110 valence electrons. The van der Waals surface area contributed by atoms with Crippen LogP contribution in [-0.2, 0) is 11.3 Å². The van der Waals surface area contributed by atoms with E-state index in [2.05, 4.69) is 6.92 Å². The van der Waals surface area contributed by atoms with Crippen LogP contribution in [0.2, 0.25) is 0 Å². The second-order valence-corrected chi connectivity index (χ2v) is 5.73. The maximum Gasteiger partial charge on any atom is 0.308 e. The Morgan fingerprint density at radius 1 is 1.20 bits per heavy atom. The van der Waals surface area contributed by atoms with Crippen molar-refractivity contribution in [2.45, 2.75) is 45.6 Å². The lowest BCUT2D eigenvalue weighted by molar-refractivity contribution is -0.119. The molecular weight excluding hydrogens is 274 g/mol. The Bertz CT molecular complexity index is 615. The van der Waals surface area contributed by atoms with Gasteiger partial charge < -0.3 is 5.48 Å². The van der Waals surface area contributed by atoms with Gasteiger partial charge in [0, 0.05) is 19.4 Å². The van der Waals surface area contributed by atoms with Crippen LogP contribution in [0.3, 0.4) is 0 Å². The Morgan fingerprint density at radius 2 is 1.95 bits per heavy atom. The zero-order valence-corrected chi connectivity index (χ0v) is 12.5. The van der Waals surface area contributed by atoms with Gasteiger partial charge in [-0.05, 0) is 18.6 Å². The second kappa shape index (κ2) is 7.97. The third-order valence-corrected chi connectivity index (χ3v) is 4.21. The molecule has 20 heavy (non-hydrogen) atoms. The number of rotatable bonds is 7. The van der Waals surface area contributed by atoms with Gasteiger partial charge in [0.15, 0.2) is 0 Å². The molecular formula is C15H21NO3S. The van der Waals surface area contributed by atoms with Gasteiger partial charge in [-0.15, -0.1) is 0 Å². The van der Waals surface area contributed by atoms with E-state index in [0.717, 1.165) is 29.5 Å². The average molecular weight is 295 g/mol. The summed E-state index contributed by atoms with van der Waals surface area (Å²) in [6.45, 7) is 2.63. The maximum absolute atomic E-state index is 11.9. The zero-order valence-electron chi connectivity index (χ0n) is 11.7. The van der Waals surface area contributed by atoms with E-state index < -0.39 is 0 Å². The van der Waals surface area contributed by atoms with Crippen molar-refractivity contribution >= 4 is 27.3 Å². The fourth-order valence-electron chi connectivity index (χ4n) is 2.16. The highest BCUT2D eigenvalue weighted by Gasteiger charge is 2.08. The van der Waals surface area contributed by atoms with Gasteiger partial charge in [-0.3, -0.25) is 14.2 Å². The quantitative estimate of drug-likeness (QED) is 0.737. The van der Waals surface area contributed by atoms with Gasteiger partial charge >= 0.3 is 4.87 Å². The summed E-state index contributed by atoms with van der Waals surface area (Å²) in [6.07, 6.45) is 4.30. The van der Waals surface area contributed by atoms with Crippen molar-refractivity contribution in [1.82, 2.24) is 4.57 Å². The molecule has 2 rings (SSSR count). The van der Waals surface area contributed by atoms with Crippen LogP contribution in [0.4, 0.5) is 0 Å². The number of nitrogens with zero attached hydrogens (tertiary/aromatic N) is 1. The van der Waals surface area contributed by atoms with Crippen LogP contribution >= 0.6 is 11.3 Å². The first-order chi connectivity index (χ1) is 9.22. The number of carbonyl (C=O) groups is 1. The molecule has 0 spiro atoms. The normalized spacial score (nSPS) is 10.4. The smallest absolute Gasteiger partial charge is 0.308 e. The van der Waals surface area contributed by atoms with Crippen molar-refractivity contribution in [1.29, 1.82) is 0 Å². The molecule has 1 aromatic heterocycles. The van der Waals surface area contributed by atoms with Gasteiger partial charge in [0.25, 0.3) is 0 Å². The summed E-state index contributed by atoms with van der Waals surface area (Å²) in [6, 6.07) is 7.74. The third-order valence-electron chi connectivity index (χ3n) is 3.25. The van der Waals surface area contributed by atoms with E-state index in [9.17, 15) is 9.59 Å². The van der Waals surface area contributed by atoms with Crippen molar-refractivity contribution in [2.75, 3.05) is 0 Å². The molecule has 0 saturated heterocycles. The number of thiazole rings is 1. The van der Waals surface area contributed by atoms with Gasteiger partial charge in [-0.25, -0.2) is 0 Å². The van der Waals surface area contributed by atoms with E-state index >= 15 is 0 Å². The van der Waals surface area contributed by atoms with E-state index in [0.29, 0.717) is 19.4 Å². The Kier molecular flexibility index (Phi) is 6.61. The number of aryl methyl sites for hydroxylation is 1. The van der Waals surface area contributed by atoms with Gasteiger partial charge in [0.1, 0.15) is 5.78 Å². The molecule has 0 amide bonds. The zero-order chi connectivity index (χ0) is 13.7. The molecule has 1 heterocycles. The van der Waals surface area contributed by atoms with Crippen molar-refractivity contribution in [2.24, 2.45) is 0 Å². The monoisotopic (exact) mass is 295 g/mol. The van der Waals surface area contributed by atoms with Crippen LogP contribution < -0.4 is 4.87 Å². The van der Waals surface area contributed by atoms with Gasteiger partial charge in [0.05, 0.1) is 10.2 Å². The third kappa shape index (κ3) is 4.02. The molecule has 1 aromatic carbocycles. The Morgan fingerprint density at radius 3 is 2.70 bits per heavy atom. The number of fused-ring (bicyclic) bond motifs is 1. The highest BCUT2D eigenvalue weighted by atomic mass is 32.1. The maximum atomic E-state index is 11.9. The molecule has 0 saturated carbocycles. The molecule has 0 bridgehead atoms. The van der Waals surface area contributed by atoms with Gasteiger partial charge in [-0.2, -0.15) is 0 Å². The largest absolute Gasteiger partial charge is 0.412 e. The van der Waals surface area contributed by atoms with Crippen LogP contribution in [0.25, 0.3) is 10.2 Å². The second-order valence-electron chi connectivity index (χ2n) is 4.73. The van der Waals surface area contributed by atoms with Crippen LogP contribution in [-0.4, -0.2) is 15.8 Å². The summed E-state index contributed by atoms with van der Waals surface area (Å²) in [7, 11) is 0. The van der Waals surface area contributed by atoms with Crippen LogP contribution in [0.1, 0.15) is 39.0 Å². The summed E-state index contributed by atoms with van der Waals surface area (Å²) in [5.74, 6) is 0.260. The van der Waals surface area contributed by atoms with E-state index in [1.807, 2.05) is 24.3 Å². The fourth-order valence-corrected chi connectivity index (χ4v) is 3.08. The number of carbonyl (C=O) groups excluding carboxylic acids is 1. The number of benzene rings is 1. The summed E-state index contributed by atoms with van der Waals surface area (Å²) >= 11 is 1.25. The first-order valence-corrected chi connectivity index (χ1v) is 7.64. The van der Waals surface area contributed by atoms with Crippen molar-refractivity contribution in [3.05, 3.63) is 33.9 Å². The fraction of sp³-hybridized carbons (Fsp3) is 0.467. The van der Waals surface area contributed by atoms with E-state index in [1.165, 1.54) is 11.3 Å². The standard InChI is InChI=1S/C15H19NO2S.H2O/c1-2-3-4-7-12(17)10-11-16-13-8-5-6-9-14(13)19-15(16)18;/h5-6,8-9H,2-4,7,10-11H2,1H3;1H2. The van der Waals surface area contributed by atoms with E-state index in [-0.39, 0.29) is 16.1 Å². The summed E-state index contributed by atoms with van der Waals surface area (Å²) < 4.78 is 2.71. The molecule has 0 aliphatic heterocycles. The molecule has 0 fully saturated rings. The Labute approximate surface area is 122 Å². The first-order valence-electron chi connectivity index (χ1n) is 6.82. The van der Waals surface area contributed by atoms with Crippen LogP contribution in [0.5, 0.6) is 0 Å².